The Labute approximate surface area is 131 Å². The van der Waals surface area contributed by atoms with Gasteiger partial charge in [-0.2, -0.15) is 0 Å². The van der Waals surface area contributed by atoms with Crippen LogP contribution in [0.4, 0.5) is 0 Å². The van der Waals surface area contributed by atoms with Crippen LogP contribution in [0.15, 0.2) is 28.9 Å². The smallest absolute Gasteiger partial charge is 0.270 e. The fourth-order valence-corrected chi connectivity index (χ4v) is 2.68. The van der Waals surface area contributed by atoms with Crippen molar-refractivity contribution in [3.05, 3.63) is 35.1 Å². The number of hydrogen-bond acceptors (Lipinski definition) is 4. The second-order valence-corrected chi connectivity index (χ2v) is 5.72. The van der Waals surface area contributed by atoms with E-state index in [9.17, 15) is 9.90 Å². The molecule has 0 atom stereocenters. The Morgan fingerprint density at radius 3 is 2.73 bits per heavy atom. The molecule has 0 fully saturated rings. The number of primary amides is 1. The standard InChI is InChI=1S/C15H14ClN3O3/c1-7(2)19-6-9-3-8(4-10(16)13(9)15(19)21)12-5-11(14(17)20)18-22-12/h3-7,21H,1-2H3,(H2,17,20). The van der Waals surface area contributed by atoms with Crippen molar-refractivity contribution in [3.63, 3.8) is 0 Å². The molecule has 3 rings (SSSR count). The van der Waals surface area contributed by atoms with E-state index in [0.717, 1.165) is 5.39 Å². The molecular weight excluding hydrogens is 306 g/mol. The summed E-state index contributed by atoms with van der Waals surface area (Å²) in [5.41, 5.74) is 5.86. The molecule has 0 spiro atoms. The molecule has 0 radical (unpaired) electrons. The molecule has 2 aromatic heterocycles. The molecular formula is C15H14ClN3O3. The molecule has 0 aliphatic carbocycles. The number of aromatic nitrogens is 2. The molecule has 22 heavy (non-hydrogen) atoms. The molecule has 0 saturated heterocycles. The van der Waals surface area contributed by atoms with E-state index >= 15 is 0 Å². The van der Waals surface area contributed by atoms with Crippen molar-refractivity contribution in [1.29, 1.82) is 0 Å². The van der Waals surface area contributed by atoms with Crippen LogP contribution in [-0.4, -0.2) is 20.7 Å². The second kappa shape index (κ2) is 5.06. The van der Waals surface area contributed by atoms with Gasteiger partial charge in [0.05, 0.1) is 10.4 Å². The molecule has 0 saturated carbocycles. The van der Waals surface area contributed by atoms with Gasteiger partial charge in [-0.3, -0.25) is 4.79 Å². The molecule has 3 N–H and O–H groups in total. The number of amides is 1. The number of carbonyl (C=O) groups is 1. The number of rotatable bonds is 3. The third kappa shape index (κ3) is 2.21. The van der Waals surface area contributed by atoms with E-state index in [0.29, 0.717) is 21.7 Å². The van der Waals surface area contributed by atoms with Crippen LogP contribution < -0.4 is 5.73 Å². The molecule has 7 heteroatoms. The number of benzene rings is 1. The molecule has 3 aromatic rings. The fourth-order valence-electron chi connectivity index (χ4n) is 2.37. The van der Waals surface area contributed by atoms with Gasteiger partial charge in [0.25, 0.3) is 5.91 Å². The number of nitrogens with two attached hydrogens (primary N) is 1. The van der Waals surface area contributed by atoms with Gasteiger partial charge in [-0.05, 0) is 26.0 Å². The lowest BCUT2D eigenvalue weighted by Gasteiger charge is -2.07. The SMILES string of the molecule is CC(C)n1cc2cc(-c3cc(C(N)=O)no3)cc(Cl)c2c1O. The molecule has 0 aliphatic rings. The van der Waals surface area contributed by atoms with Crippen LogP contribution in [0.1, 0.15) is 30.4 Å². The molecule has 1 aromatic carbocycles. The van der Waals surface area contributed by atoms with E-state index in [1.165, 1.54) is 6.07 Å². The first-order chi connectivity index (χ1) is 10.4. The highest BCUT2D eigenvalue weighted by Crippen LogP contribution is 2.38. The van der Waals surface area contributed by atoms with Crippen LogP contribution in [0.25, 0.3) is 22.1 Å². The van der Waals surface area contributed by atoms with Crippen LogP contribution >= 0.6 is 11.6 Å². The Hall–Kier alpha value is -2.47. The monoisotopic (exact) mass is 319 g/mol. The van der Waals surface area contributed by atoms with Crippen molar-refractivity contribution in [2.24, 2.45) is 5.73 Å². The molecule has 6 nitrogen and oxygen atoms in total. The van der Waals surface area contributed by atoms with Crippen LogP contribution in [0.2, 0.25) is 5.02 Å². The molecule has 2 heterocycles. The van der Waals surface area contributed by atoms with Crippen molar-refractivity contribution >= 4 is 28.3 Å². The molecule has 0 unspecified atom stereocenters. The van der Waals surface area contributed by atoms with Crippen molar-refractivity contribution in [2.75, 3.05) is 0 Å². The highest BCUT2D eigenvalue weighted by Gasteiger charge is 2.17. The lowest BCUT2D eigenvalue weighted by atomic mass is 10.1. The van der Waals surface area contributed by atoms with E-state index in [-0.39, 0.29) is 17.6 Å². The summed E-state index contributed by atoms with van der Waals surface area (Å²) in [5, 5.41) is 15.6. The minimum atomic E-state index is -0.661. The minimum Gasteiger partial charge on any atom is -0.494 e. The first kappa shape index (κ1) is 14.5. The highest BCUT2D eigenvalue weighted by atomic mass is 35.5. The predicted molar refractivity (Wildman–Crippen MR) is 83.0 cm³/mol. The first-order valence-corrected chi connectivity index (χ1v) is 7.06. The Balaban J connectivity index is 2.18. The molecule has 0 aliphatic heterocycles. The second-order valence-electron chi connectivity index (χ2n) is 5.32. The number of aromatic hydroxyl groups is 1. The third-order valence-electron chi connectivity index (χ3n) is 3.47. The fraction of sp³-hybridized carbons (Fsp3) is 0.200. The van der Waals surface area contributed by atoms with Gasteiger partial charge in [0.15, 0.2) is 11.5 Å². The number of fused-ring (bicyclic) bond motifs is 1. The number of hydrogen-bond donors (Lipinski definition) is 2. The summed E-state index contributed by atoms with van der Waals surface area (Å²) in [4.78, 5) is 11.1. The molecule has 0 bridgehead atoms. The van der Waals surface area contributed by atoms with Crippen molar-refractivity contribution < 1.29 is 14.4 Å². The summed E-state index contributed by atoms with van der Waals surface area (Å²) in [6, 6.07) is 5.02. The summed E-state index contributed by atoms with van der Waals surface area (Å²) in [5.74, 6) is -0.155. The zero-order valence-corrected chi connectivity index (χ0v) is 12.8. The van der Waals surface area contributed by atoms with E-state index in [2.05, 4.69) is 5.16 Å². The third-order valence-corrected chi connectivity index (χ3v) is 3.77. The first-order valence-electron chi connectivity index (χ1n) is 6.68. The zero-order chi connectivity index (χ0) is 16.0. The highest BCUT2D eigenvalue weighted by molar-refractivity contribution is 6.36. The Kier molecular flexibility index (Phi) is 3.33. The van der Waals surface area contributed by atoms with Crippen LogP contribution in [0.3, 0.4) is 0 Å². The normalized spacial score (nSPS) is 11.5. The predicted octanol–water partition coefficient (Wildman–Crippen LogP) is 3.34. The van der Waals surface area contributed by atoms with Crippen molar-refractivity contribution in [2.45, 2.75) is 19.9 Å². The van der Waals surface area contributed by atoms with E-state index in [4.69, 9.17) is 21.9 Å². The lowest BCUT2D eigenvalue weighted by molar-refractivity contribution is 0.0992. The van der Waals surface area contributed by atoms with Gasteiger partial charge in [0.2, 0.25) is 5.88 Å². The van der Waals surface area contributed by atoms with E-state index in [1.807, 2.05) is 26.1 Å². The summed E-state index contributed by atoms with van der Waals surface area (Å²) in [6.07, 6.45) is 1.82. The average molecular weight is 320 g/mol. The molecule has 1 amide bonds. The van der Waals surface area contributed by atoms with Crippen LogP contribution in [0.5, 0.6) is 5.88 Å². The maximum atomic E-state index is 11.1. The quantitative estimate of drug-likeness (QED) is 0.774. The summed E-state index contributed by atoms with van der Waals surface area (Å²) in [6.45, 7) is 3.92. The number of halogens is 1. The van der Waals surface area contributed by atoms with E-state index in [1.54, 1.807) is 10.6 Å². The average Bonchev–Trinajstić information content (AvgIpc) is 3.03. The Morgan fingerprint density at radius 2 is 2.14 bits per heavy atom. The van der Waals surface area contributed by atoms with Gasteiger partial charge in [0.1, 0.15) is 0 Å². The summed E-state index contributed by atoms with van der Waals surface area (Å²) < 4.78 is 6.85. The summed E-state index contributed by atoms with van der Waals surface area (Å²) >= 11 is 6.28. The zero-order valence-electron chi connectivity index (χ0n) is 12.0. The summed E-state index contributed by atoms with van der Waals surface area (Å²) in [7, 11) is 0. The number of nitrogens with zero attached hydrogens (tertiary/aromatic N) is 2. The van der Waals surface area contributed by atoms with Crippen LogP contribution in [0, 0.1) is 0 Å². The van der Waals surface area contributed by atoms with Crippen molar-refractivity contribution in [3.8, 4) is 17.2 Å². The molecule has 114 valence electrons. The van der Waals surface area contributed by atoms with Gasteiger partial charge < -0.3 is 19.9 Å². The maximum absolute atomic E-state index is 11.1. The lowest BCUT2D eigenvalue weighted by Crippen LogP contribution is -2.10. The minimum absolute atomic E-state index is 0.0498. The van der Waals surface area contributed by atoms with Gasteiger partial charge in [-0.25, -0.2) is 0 Å². The van der Waals surface area contributed by atoms with Gasteiger partial charge >= 0.3 is 0 Å². The van der Waals surface area contributed by atoms with Gasteiger partial charge in [0, 0.05) is 29.3 Å². The van der Waals surface area contributed by atoms with Gasteiger partial charge in [-0.1, -0.05) is 16.8 Å². The maximum Gasteiger partial charge on any atom is 0.270 e. The van der Waals surface area contributed by atoms with Gasteiger partial charge in [-0.15, -0.1) is 0 Å². The van der Waals surface area contributed by atoms with Crippen LogP contribution in [-0.2, 0) is 0 Å². The number of carbonyl (C=O) groups excluding carboxylic acids is 1. The Morgan fingerprint density at radius 1 is 1.41 bits per heavy atom. The van der Waals surface area contributed by atoms with E-state index < -0.39 is 5.91 Å². The van der Waals surface area contributed by atoms with Crippen molar-refractivity contribution in [1.82, 2.24) is 9.72 Å². The topological polar surface area (TPSA) is 94.3 Å². The largest absolute Gasteiger partial charge is 0.494 e. The Bertz CT molecular complexity index is 880.